The summed E-state index contributed by atoms with van der Waals surface area (Å²) in [7, 11) is -1.80. The van der Waals surface area contributed by atoms with Gasteiger partial charge in [-0.2, -0.15) is 0 Å². The maximum atomic E-state index is 12.1. The van der Waals surface area contributed by atoms with E-state index in [1.54, 1.807) is 14.0 Å². The largest absolute Gasteiger partial charge is 0.329 e. The second kappa shape index (κ2) is 5.51. The molecule has 4 nitrogen and oxygen atoms in total. The van der Waals surface area contributed by atoms with Crippen LogP contribution in [0.1, 0.15) is 19.4 Å². The molecule has 0 saturated carbocycles. The molecule has 0 aliphatic carbocycles. The van der Waals surface area contributed by atoms with E-state index in [1.807, 2.05) is 24.3 Å². The third-order valence-electron chi connectivity index (χ3n) is 2.93. The van der Waals surface area contributed by atoms with E-state index in [9.17, 15) is 8.42 Å². The highest BCUT2D eigenvalue weighted by molar-refractivity contribution is 7.93. The third-order valence-corrected chi connectivity index (χ3v) is 5.11. The molecular formula is C12H20N2O2S. The predicted octanol–water partition coefficient (Wildman–Crippen LogP) is 1.36. The molecule has 0 amide bonds. The Morgan fingerprint density at radius 3 is 2.24 bits per heavy atom. The van der Waals surface area contributed by atoms with Crippen molar-refractivity contribution in [1.82, 2.24) is 0 Å². The Morgan fingerprint density at radius 1 is 1.29 bits per heavy atom. The molecule has 1 unspecified atom stereocenters. The molecule has 0 spiro atoms. The van der Waals surface area contributed by atoms with E-state index in [0.717, 1.165) is 6.42 Å². The van der Waals surface area contributed by atoms with Crippen LogP contribution in [0.5, 0.6) is 0 Å². The molecule has 1 aromatic carbocycles. The van der Waals surface area contributed by atoms with Crippen molar-refractivity contribution in [2.45, 2.75) is 25.5 Å². The molecular weight excluding hydrogens is 236 g/mol. The normalized spacial score (nSPS) is 13.4. The summed E-state index contributed by atoms with van der Waals surface area (Å²) >= 11 is 0. The number of anilines is 1. The molecule has 2 N–H and O–H groups in total. The summed E-state index contributed by atoms with van der Waals surface area (Å²) in [6.45, 7) is 3.80. The Bertz CT molecular complexity index is 454. The van der Waals surface area contributed by atoms with Crippen molar-refractivity contribution in [1.29, 1.82) is 0 Å². The fraction of sp³-hybridized carbons (Fsp3) is 0.500. The van der Waals surface area contributed by atoms with Crippen LogP contribution in [0.15, 0.2) is 24.3 Å². The highest BCUT2D eigenvalue weighted by Crippen LogP contribution is 2.19. The van der Waals surface area contributed by atoms with Crippen molar-refractivity contribution in [3.05, 3.63) is 29.8 Å². The number of nitrogens with zero attached hydrogens (tertiary/aromatic N) is 1. The van der Waals surface area contributed by atoms with E-state index >= 15 is 0 Å². The van der Waals surface area contributed by atoms with Crippen LogP contribution in [-0.2, 0) is 16.4 Å². The first-order chi connectivity index (χ1) is 7.93. The molecule has 96 valence electrons. The highest BCUT2D eigenvalue weighted by atomic mass is 32.2. The molecule has 1 rings (SSSR count). The first kappa shape index (κ1) is 14.0. The van der Waals surface area contributed by atoms with E-state index in [4.69, 9.17) is 5.73 Å². The van der Waals surface area contributed by atoms with Crippen LogP contribution < -0.4 is 10.0 Å². The first-order valence-corrected chi connectivity index (χ1v) is 7.20. The minimum atomic E-state index is -3.35. The van der Waals surface area contributed by atoms with Crippen molar-refractivity contribution in [3.63, 3.8) is 0 Å². The summed E-state index contributed by atoms with van der Waals surface area (Å²) in [5.41, 5.74) is 7.27. The summed E-state index contributed by atoms with van der Waals surface area (Å²) < 4.78 is 25.4. The summed E-state index contributed by atoms with van der Waals surface area (Å²) in [6.07, 6.45) is 0.940. The minimum Gasteiger partial charge on any atom is -0.329 e. The molecule has 0 aliphatic rings. The van der Waals surface area contributed by atoms with Crippen molar-refractivity contribution in [3.8, 4) is 0 Å². The lowest BCUT2D eigenvalue weighted by Gasteiger charge is -2.23. The number of benzene rings is 1. The minimum absolute atomic E-state index is 0.125. The molecule has 1 aromatic rings. The summed E-state index contributed by atoms with van der Waals surface area (Å²) in [6, 6.07) is 7.52. The van der Waals surface area contributed by atoms with Gasteiger partial charge in [-0.05, 0) is 31.0 Å². The van der Waals surface area contributed by atoms with E-state index in [1.165, 1.54) is 9.87 Å². The Balaban J connectivity index is 2.99. The Morgan fingerprint density at radius 2 is 1.82 bits per heavy atom. The summed E-state index contributed by atoms with van der Waals surface area (Å²) in [5.74, 6) is 0. The fourth-order valence-corrected chi connectivity index (χ4v) is 2.68. The van der Waals surface area contributed by atoms with Crippen LogP contribution in [0.4, 0.5) is 5.69 Å². The van der Waals surface area contributed by atoms with Gasteiger partial charge in [-0.1, -0.05) is 19.1 Å². The zero-order valence-electron chi connectivity index (χ0n) is 10.6. The van der Waals surface area contributed by atoms with Crippen LogP contribution in [0.3, 0.4) is 0 Å². The molecule has 0 bridgehead atoms. The van der Waals surface area contributed by atoms with Gasteiger partial charge in [0.15, 0.2) is 0 Å². The molecule has 0 aromatic heterocycles. The average molecular weight is 256 g/mol. The third kappa shape index (κ3) is 2.98. The molecule has 5 heteroatoms. The number of sulfonamides is 1. The first-order valence-electron chi connectivity index (χ1n) is 5.70. The van der Waals surface area contributed by atoms with Crippen LogP contribution in [0, 0.1) is 0 Å². The molecule has 0 aliphatic heterocycles. The van der Waals surface area contributed by atoms with Crippen molar-refractivity contribution in [2.75, 3.05) is 17.9 Å². The zero-order chi connectivity index (χ0) is 13.1. The van der Waals surface area contributed by atoms with E-state index in [2.05, 4.69) is 6.92 Å². The van der Waals surface area contributed by atoms with Crippen molar-refractivity contribution >= 4 is 15.7 Å². The molecule has 0 fully saturated rings. The number of nitrogens with two attached hydrogens (primary N) is 1. The Hall–Kier alpha value is -1.07. The number of aryl methyl sites for hydroxylation is 1. The van der Waals surface area contributed by atoms with Crippen LogP contribution in [0.2, 0.25) is 0 Å². The van der Waals surface area contributed by atoms with E-state index in [-0.39, 0.29) is 6.54 Å². The smallest absolute Gasteiger partial charge is 0.238 e. The summed E-state index contributed by atoms with van der Waals surface area (Å²) in [5, 5.41) is -0.571. The topological polar surface area (TPSA) is 63.4 Å². The van der Waals surface area contributed by atoms with Crippen molar-refractivity contribution < 1.29 is 8.42 Å². The SMILES string of the molecule is CCc1ccc(N(C)S(=O)(=O)C(C)CN)cc1. The fourth-order valence-electron chi connectivity index (χ4n) is 1.48. The summed E-state index contributed by atoms with van der Waals surface area (Å²) in [4.78, 5) is 0. The van der Waals surface area contributed by atoms with Gasteiger partial charge in [0.2, 0.25) is 10.0 Å². The maximum Gasteiger partial charge on any atom is 0.238 e. The maximum absolute atomic E-state index is 12.1. The van der Waals surface area contributed by atoms with E-state index < -0.39 is 15.3 Å². The van der Waals surface area contributed by atoms with E-state index in [0.29, 0.717) is 5.69 Å². The van der Waals surface area contributed by atoms with Gasteiger partial charge in [0.1, 0.15) is 0 Å². The molecule has 0 saturated heterocycles. The van der Waals surface area contributed by atoms with Gasteiger partial charge in [0.05, 0.1) is 10.9 Å². The Labute approximate surface area is 103 Å². The van der Waals surface area contributed by atoms with Crippen LogP contribution in [-0.4, -0.2) is 27.3 Å². The van der Waals surface area contributed by atoms with Gasteiger partial charge in [0, 0.05) is 13.6 Å². The predicted molar refractivity (Wildman–Crippen MR) is 71.7 cm³/mol. The monoisotopic (exact) mass is 256 g/mol. The number of hydrogen-bond donors (Lipinski definition) is 1. The second-order valence-electron chi connectivity index (χ2n) is 4.08. The van der Waals surface area contributed by atoms with Gasteiger partial charge in [-0.25, -0.2) is 8.42 Å². The lowest BCUT2D eigenvalue weighted by Crippen LogP contribution is -2.38. The Kier molecular flexibility index (Phi) is 4.54. The van der Waals surface area contributed by atoms with Gasteiger partial charge in [-0.15, -0.1) is 0 Å². The van der Waals surface area contributed by atoms with Crippen LogP contribution in [0.25, 0.3) is 0 Å². The number of rotatable bonds is 5. The molecule has 17 heavy (non-hydrogen) atoms. The van der Waals surface area contributed by atoms with Gasteiger partial charge >= 0.3 is 0 Å². The lowest BCUT2D eigenvalue weighted by atomic mass is 10.1. The zero-order valence-corrected chi connectivity index (χ0v) is 11.4. The standard InChI is InChI=1S/C12H20N2O2S/c1-4-11-5-7-12(8-6-11)14(3)17(15,16)10(2)9-13/h5-8,10H,4,9,13H2,1-3H3. The quantitative estimate of drug-likeness (QED) is 0.865. The van der Waals surface area contributed by atoms with Gasteiger partial charge in [-0.3, -0.25) is 4.31 Å². The molecule has 0 heterocycles. The number of hydrogen-bond acceptors (Lipinski definition) is 3. The molecule has 1 atom stereocenters. The molecule has 0 radical (unpaired) electrons. The lowest BCUT2D eigenvalue weighted by molar-refractivity contribution is 0.582. The highest BCUT2D eigenvalue weighted by Gasteiger charge is 2.24. The van der Waals surface area contributed by atoms with Gasteiger partial charge in [0.25, 0.3) is 0 Å². The second-order valence-corrected chi connectivity index (χ2v) is 6.46. The van der Waals surface area contributed by atoms with Crippen LogP contribution >= 0.6 is 0 Å². The van der Waals surface area contributed by atoms with Crippen molar-refractivity contribution in [2.24, 2.45) is 5.73 Å². The van der Waals surface area contributed by atoms with Gasteiger partial charge < -0.3 is 5.73 Å². The average Bonchev–Trinajstić information content (AvgIpc) is 2.36.